The third-order valence-corrected chi connectivity index (χ3v) is 10.8. The fourth-order valence-electron chi connectivity index (χ4n) is 8.26. The smallest absolute Gasteiger partial charge is 0.0468 e. The molecule has 10 rings (SSSR count). The highest BCUT2D eigenvalue weighted by atomic mass is 15.1. The van der Waals surface area contributed by atoms with Crippen molar-refractivity contribution < 1.29 is 0 Å². The average Bonchev–Trinajstić information content (AvgIpc) is 3.27. The molecular weight excluding hydrogens is 677 g/mol. The number of hydrogen-bond donors (Lipinski definition) is 0. The van der Waals surface area contributed by atoms with Crippen molar-refractivity contribution in [2.24, 2.45) is 0 Å². The van der Waals surface area contributed by atoms with Crippen LogP contribution in [0.2, 0.25) is 0 Å². The van der Waals surface area contributed by atoms with Crippen LogP contribution in [0.4, 0.5) is 34.1 Å². The van der Waals surface area contributed by atoms with Gasteiger partial charge < -0.3 is 9.80 Å². The molecule has 0 atom stereocenters. The molecule has 10 aromatic carbocycles. The fraction of sp³-hybridized carbons (Fsp3) is 0. The van der Waals surface area contributed by atoms with Crippen LogP contribution in [0.5, 0.6) is 0 Å². The Hall–Kier alpha value is -7.42. The summed E-state index contributed by atoms with van der Waals surface area (Å²) in [4.78, 5) is 4.63. The van der Waals surface area contributed by atoms with Crippen LogP contribution < -0.4 is 9.80 Å². The summed E-state index contributed by atoms with van der Waals surface area (Å²) in [6.07, 6.45) is 0. The number of para-hydroxylation sites is 4. The molecule has 0 amide bonds. The van der Waals surface area contributed by atoms with E-state index in [1.54, 1.807) is 0 Å². The lowest BCUT2D eigenvalue weighted by molar-refractivity contribution is 1.28. The second-order valence-electron chi connectivity index (χ2n) is 14.1. The van der Waals surface area contributed by atoms with Crippen LogP contribution in [0.1, 0.15) is 0 Å². The normalized spacial score (nSPS) is 11.2. The fourth-order valence-corrected chi connectivity index (χ4v) is 8.26. The van der Waals surface area contributed by atoms with Gasteiger partial charge in [0, 0.05) is 34.1 Å². The summed E-state index contributed by atoms with van der Waals surface area (Å²) >= 11 is 0. The zero-order valence-corrected chi connectivity index (χ0v) is 30.8. The number of hydrogen-bond acceptors (Lipinski definition) is 2. The molecule has 10 aromatic rings. The van der Waals surface area contributed by atoms with Gasteiger partial charge in [-0.05, 0) is 133 Å². The van der Waals surface area contributed by atoms with Crippen LogP contribution in [0.25, 0.3) is 54.6 Å². The molecule has 56 heavy (non-hydrogen) atoms. The maximum Gasteiger partial charge on any atom is 0.0468 e. The molecule has 2 nitrogen and oxygen atoms in total. The molecule has 0 heterocycles. The van der Waals surface area contributed by atoms with E-state index in [1.165, 1.54) is 54.6 Å². The van der Waals surface area contributed by atoms with Gasteiger partial charge in [0.1, 0.15) is 0 Å². The van der Waals surface area contributed by atoms with E-state index in [-0.39, 0.29) is 0 Å². The van der Waals surface area contributed by atoms with Crippen molar-refractivity contribution in [1.29, 1.82) is 0 Å². The number of rotatable bonds is 8. The molecule has 0 fully saturated rings. The predicted octanol–water partition coefficient (Wildman–Crippen LogP) is 15.4. The summed E-state index contributed by atoms with van der Waals surface area (Å²) in [5, 5.41) is 7.39. The first-order valence-corrected chi connectivity index (χ1v) is 19.2. The van der Waals surface area contributed by atoms with Crippen LogP contribution in [-0.4, -0.2) is 0 Å². The SMILES string of the molecule is c1ccc(N(c2ccccc2)c2ccc(-c3c4ccccc4c(-c4ccc5cc(N(c6ccccc6)c6ccccc6)ccc5c4)c4ccccc34)cc2)cc1. The summed E-state index contributed by atoms with van der Waals surface area (Å²) in [7, 11) is 0. The molecule has 0 bridgehead atoms. The molecule has 0 aliphatic heterocycles. The first-order valence-electron chi connectivity index (χ1n) is 19.2. The number of nitrogens with zero attached hydrogens (tertiary/aromatic N) is 2. The lowest BCUT2D eigenvalue weighted by Gasteiger charge is -2.26. The van der Waals surface area contributed by atoms with Crippen molar-refractivity contribution in [3.8, 4) is 22.3 Å². The van der Waals surface area contributed by atoms with Crippen LogP contribution in [0.3, 0.4) is 0 Å². The highest BCUT2D eigenvalue weighted by Gasteiger charge is 2.19. The summed E-state index contributed by atoms with van der Waals surface area (Å²) in [6, 6.07) is 83.0. The maximum absolute atomic E-state index is 2.36. The van der Waals surface area contributed by atoms with Crippen molar-refractivity contribution in [2.45, 2.75) is 0 Å². The second kappa shape index (κ2) is 14.4. The van der Waals surface area contributed by atoms with Crippen molar-refractivity contribution in [2.75, 3.05) is 9.80 Å². The molecule has 0 spiro atoms. The molecule has 0 unspecified atom stereocenters. The van der Waals surface area contributed by atoms with E-state index in [0.717, 1.165) is 34.1 Å². The van der Waals surface area contributed by atoms with Crippen molar-refractivity contribution in [1.82, 2.24) is 0 Å². The zero-order valence-electron chi connectivity index (χ0n) is 30.8. The van der Waals surface area contributed by atoms with Gasteiger partial charge in [0.2, 0.25) is 0 Å². The first kappa shape index (κ1) is 33.2. The minimum atomic E-state index is 1.12. The molecule has 264 valence electrons. The van der Waals surface area contributed by atoms with Crippen molar-refractivity contribution in [3.63, 3.8) is 0 Å². The van der Waals surface area contributed by atoms with E-state index >= 15 is 0 Å². The van der Waals surface area contributed by atoms with E-state index in [2.05, 4.69) is 240 Å². The Morgan fingerprint density at radius 2 is 0.518 bits per heavy atom. The lowest BCUT2D eigenvalue weighted by atomic mass is 9.85. The Morgan fingerprint density at radius 3 is 0.964 bits per heavy atom. The van der Waals surface area contributed by atoms with Gasteiger partial charge in [0.05, 0.1) is 0 Å². The highest BCUT2D eigenvalue weighted by molar-refractivity contribution is 6.21. The minimum Gasteiger partial charge on any atom is -0.311 e. The zero-order chi connectivity index (χ0) is 37.3. The van der Waals surface area contributed by atoms with Crippen LogP contribution in [0, 0.1) is 0 Å². The summed E-state index contributed by atoms with van der Waals surface area (Å²) < 4.78 is 0. The van der Waals surface area contributed by atoms with Gasteiger partial charge in [-0.2, -0.15) is 0 Å². The Morgan fingerprint density at radius 1 is 0.214 bits per heavy atom. The standard InChI is InChI=1S/C54H38N2/c1-5-17-43(18-6-1)55(44-19-7-2-8-20-44)47-34-31-39(32-35-47)53-49-25-13-15-27-51(49)54(52-28-16-14-26-50(52)53)42-30-29-41-38-48(36-33-40(41)37-42)56(45-21-9-3-10-22-45)46-23-11-4-12-24-46/h1-38H. The van der Waals surface area contributed by atoms with Gasteiger partial charge in [-0.15, -0.1) is 0 Å². The van der Waals surface area contributed by atoms with E-state index in [1.807, 2.05) is 0 Å². The summed E-state index contributed by atoms with van der Waals surface area (Å²) in [5.74, 6) is 0. The van der Waals surface area contributed by atoms with Gasteiger partial charge >= 0.3 is 0 Å². The Bertz CT molecular complexity index is 2810. The third kappa shape index (κ3) is 6.04. The van der Waals surface area contributed by atoms with Crippen molar-refractivity contribution in [3.05, 3.63) is 231 Å². The molecule has 0 aliphatic rings. The number of benzene rings is 10. The van der Waals surface area contributed by atoms with Crippen LogP contribution in [0.15, 0.2) is 231 Å². The molecule has 2 heteroatoms. The van der Waals surface area contributed by atoms with Gasteiger partial charge in [0.25, 0.3) is 0 Å². The molecule has 0 saturated heterocycles. The Balaban J connectivity index is 1.08. The molecule has 0 N–H and O–H groups in total. The summed E-state index contributed by atoms with van der Waals surface area (Å²) in [6.45, 7) is 0. The summed E-state index contributed by atoms with van der Waals surface area (Å²) in [5.41, 5.74) is 11.7. The Kier molecular flexibility index (Phi) is 8.55. The predicted molar refractivity (Wildman–Crippen MR) is 239 cm³/mol. The maximum atomic E-state index is 2.36. The molecule has 0 aliphatic carbocycles. The molecule has 0 saturated carbocycles. The molecular formula is C54H38N2. The first-order chi connectivity index (χ1) is 27.8. The van der Waals surface area contributed by atoms with Gasteiger partial charge in [-0.3, -0.25) is 0 Å². The van der Waals surface area contributed by atoms with Gasteiger partial charge in [0.15, 0.2) is 0 Å². The highest BCUT2D eigenvalue weighted by Crippen LogP contribution is 2.45. The van der Waals surface area contributed by atoms with E-state index in [9.17, 15) is 0 Å². The van der Waals surface area contributed by atoms with Crippen LogP contribution in [-0.2, 0) is 0 Å². The Labute approximate surface area is 327 Å². The van der Waals surface area contributed by atoms with Crippen LogP contribution >= 0.6 is 0 Å². The van der Waals surface area contributed by atoms with E-state index in [4.69, 9.17) is 0 Å². The molecule has 0 radical (unpaired) electrons. The largest absolute Gasteiger partial charge is 0.311 e. The van der Waals surface area contributed by atoms with E-state index < -0.39 is 0 Å². The minimum absolute atomic E-state index is 1.12. The quantitative estimate of drug-likeness (QED) is 0.145. The number of fused-ring (bicyclic) bond motifs is 3. The second-order valence-corrected chi connectivity index (χ2v) is 14.1. The van der Waals surface area contributed by atoms with Gasteiger partial charge in [-0.25, -0.2) is 0 Å². The lowest BCUT2D eigenvalue weighted by Crippen LogP contribution is -2.09. The van der Waals surface area contributed by atoms with Crippen molar-refractivity contribution >= 4 is 66.4 Å². The van der Waals surface area contributed by atoms with Gasteiger partial charge in [-0.1, -0.05) is 152 Å². The average molecular weight is 715 g/mol. The van der Waals surface area contributed by atoms with E-state index in [0.29, 0.717) is 0 Å². The third-order valence-electron chi connectivity index (χ3n) is 10.8. The monoisotopic (exact) mass is 714 g/mol. The topological polar surface area (TPSA) is 6.48 Å². The number of anilines is 6. The molecule has 0 aromatic heterocycles.